The van der Waals surface area contributed by atoms with Crippen molar-refractivity contribution in [1.82, 2.24) is 0 Å². The molecule has 0 spiro atoms. The number of hydrogen-bond acceptors (Lipinski definition) is 3. The fraction of sp³-hybridized carbons (Fsp3) is 0.308. The van der Waals surface area contributed by atoms with Crippen molar-refractivity contribution in [2.24, 2.45) is 0 Å². The Morgan fingerprint density at radius 2 is 2.15 bits per heavy atom. The molecule has 4 nitrogen and oxygen atoms in total. The van der Waals surface area contributed by atoms with Crippen LogP contribution >= 0.6 is 39.1 Å². The number of aliphatic hydroxyl groups is 1. The van der Waals surface area contributed by atoms with Crippen LogP contribution in [-0.2, 0) is 9.53 Å². The van der Waals surface area contributed by atoms with Gasteiger partial charge in [-0.1, -0.05) is 39.1 Å². The van der Waals surface area contributed by atoms with Crippen LogP contribution in [-0.4, -0.2) is 29.3 Å². The van der Waals surface area contributed by atoms with E-state index in [1.165, 1.54) is 0 Å². The second kappa shape index (κ2) is 5.31. The minimum absolute atomic E-state index is 0.269. The van der Waals surface area contributed by atoms with Gasteiger partial charge in [-0.25, -0.2) is 0 Å². The highest BCUT2D eigenvalue weighted by Gasteiger charge is 2.47. The molecule has 1 fully saturated rings. The molecule has 0 aliphatic carbocycles. The van der Waals surface area contributed by atoms with E-state index in [9.17, 15) is 9.90 Å². The molecule has 2 aliphatic heterocycles. The summed E-state index contributed by atoms with van der Waals surface area (Å²) >= 11 is 15.1. The summed E-state index contributed by atoms with van der Waals surface area (Å²) in [6, 6.07) is 4.87. The Morgan fingerprint density at radius 3 is 2.75 bits per heavy atom. The van der Waals surface area contributed by atoms with E-state index in [0.29, 0.717) is 32.2 Å². The Morgan fingerprint density at radius 1 is 1.40 bits per heavy atom. The number of ether oxygens (including phenoxy) is 1. The maximum absolute atomic E-state index is 12.3. The molecule has 0 radical (unpaired) electrons. The van der Waals surface area contributed by atoms with E-state index in [0.717, 1.165) is 0 Å². The summed E-state index contributed by atoms with van der Waals surface area (Å²) in [5, 5.41) is 13.2. The number of carbonyl (C=O) groups excluding carboxylic acids is 1. The molecule has 3 rings (SSSR count). The monoisotopic (exact) mass is 377 g/mol. The Balaban J connectivity index is 1.81. The lowest BCUT2D eigenvalue weighted by Gasteiger charge is -2.16. The maximum atomic E-state index is 12.3. The molecule has 2 heterocycles. The lowest BCUT2D eigenvalue weighted by molar-refractivity contribution is -0.113. The topological polar surface area (TPSA) is 58.6 Å². The number of carbonyl (C=O) groups is 1. The normalized spacial score (nSPS) is 28.1. The fourth-order valence-electron chi connectivity index (χ4n) is 2.41. The van der Waals surface area contributed by atoms with Crippen LogP contribution in [0.5, 0.6) is 0 Å². The Kier molecular flexibility index (Phi) is 3.81. The van der Waals surface area contributed by atoms with Gasteiger partial charge >= 0.3 is 0 Å². The van der Waals surface area contributed by atoms with Crippen molar-refractivity contribution in [1.29, 1.82) is 0 Å². The number of aliphatic hydroxyl groups excluding tert-OH is 1. The number of halogens is 3. The molecule has 2 bridgehead atoms. The second-order valence-electron chi connectivity index (χ2n) is 4.69. The average Bonchev–Trinajstić information content (AvgIpc) is 2.90. The summed E-state index contributed by atoms with van der Waals surface area (Å²) in [6.45, 7) is 0. The first-order valence-electron chi connectivity index (χ1n) is 5.97. The van der Waals surface area contributed by atoms with Crippen molar-refractivity contribution in [2.45, 2.75) is 24.7 Å². The van der Waals surface area contributed by atoms with E-state index in [1.807, 2.05) is 0 Å². The Bertz CT molecular complexity index is 620. The first-order valence-corrected chi connectivity index (χ1v) is 7.51. The van der Waals surface area contributed by atoms with Crippen LogP contribution in [0.3, 0.4) is 0 Å². The molecule has 0 saturated carbocycles. The van der Waals surface area contributed by atoms with E-state index in [1.54, 1.807) is 18.2 Å². The van der Waals surface area contributed by atoms with Crippen LogP contribution in [0.15, 0.2) is 28.3 Å². The second-order valence-corrected chi connectivity index (χ2v) is 6.36. The molecular weight excluding hydrogens is 369 g/mol. The van der Waals surface area contributed by atoms with Gasteiger partial charge in [0.05, 0.1) is 27.8 Å². The predicted octanol–water partition coefficient (Wildman–Crippen LogP) is 3.11. The van der Waals surface area contributed by atoms with E-state index in [2.05, 4.69) is 21.2 Å². The van der Waals surface area contributed by atoms with Crippen LogP contribution < -0.4 is 5.32 Å². The highest BCUT2D eigenvalue weighted by Crippen LogP contribution is 2.42. The number of anilines is 1. The van der Waals surface area contributed by atoms with Crippen molar-refractivity contribution >= 4 is 50.7 Å². The minimum atomic E-state index is -0.559. The number of rotatable bonds is 2. The molecule has 2 N–H and O–H groups in total. The molecular formula is C13H10BrCl2NO3. The van der Waals surface area contributed by atoms with Crippen LogP contribution in [0.1, 0.15) is 6.42 Å². The van der Waals surface area contributed by atoms with Gasteiger partial charge in [-0.3, -0.25) is 4.79 Å². The zero-order valence-corrected chi connectivity index (χ0v) is 13.2. The summed E-state index contributed by atoms with van der Waals surface area (Å²) in [6.07, 6.45) is -0.929. The highest BCUT2D eigenvalue weighted by molar-refractivity contribution is 9.11. The van der Waals surface area contributed by atoms with Crippen molar-refractivity contribution < 1.29 is 14.6 Å². The number of hydrogen-bond donors (Lipinski definition) is 2. The summed E-state index contributed by atoms with van der Waals surface area (Å²) in [7, 11) is 0. The van der Waals surface area contributed by atoms with Crippen molar-refractivity contribution in [2.75, 3.05) is 5.32 Å². The van der Waals surface area contributed by atoms with E-state index >= 15 is 0 Å². The molecule has 2 aliphatic rings. The quantitative estimate of drug-likeness (QED) is 0.831. The van der Waals surface area contributed by atoms with Gasteiger partial charge in [0.1, 0.15) is 6.10 Å². The van der Waals surface area contributed by atoms with Crippen molar-refractivity contribution in [3.8, 4) is 0 Å². The third kappa shape index (κ3) is 2.38. The van der Waals surface area contributed by atoms with E-state index in [4.69, 9.17) is 27.9 Å². The van der Waals surface area contributed by atoms with Gasteiger partial charge in [0.2, 0.25) is 0 Å². The SMILES string of the molecule is O=C(Nc1ccc(Cl)c(Cl)c1)C1=C(Br)[C@H]2O[C@@H]1C[C@@H]2O. The molecule has 20 heavy (non-hydrogen) atoms. The van der Waals surface area contributed by atoms with Crippen LogP contribution in [0.4, 0.5) is 5.69 Å². The molecule has 7 heteroatoms. The minimum Gasteiger partial charge on any atom is -0.390 e. The first kappa shape index (κ1) is 14.4. The fourth-order valence-corrected chi connectivity index (χ4v) is 3.56. The number of nitrogens with one attached hydrogen (secondary N) is 1. The zero-order valence-electron chi connectivity index (χ0n) is 10.1. The molecule has 0 unspecified atom stereocenters. The summed E-state index contributed by atoms with van der Waals surface area (Å²) in [5.41, 5.74) is 1.08. The lowest BCUT2D eigenvalue weighted by Crippen LogP contribution is -2.27. The van der Waals surface area contributed by atoms with Gasteiger partial charge in [0.25, 0.3) is 5.91 Å². The van der Waals surface area contributed by atoms with Crippen molar-refractivity contribution in [3.63, 3.8) is 0 Å². The average molecular weight is 379 g/mol. The highest BCUT2D eigenvalue weighted by atomic mass is 79.9. The van der Waals surface area contributed by atoms with Gasteiger partial charge < -0.3 is 15.2 Å². The van der Waals surface area contributed by atoms with Gasteiger partial charge in [-0.2, -0.15) is 0 Å². The molecule has 0 aromatic heterocycles. The largest absolute Gasteiger partial charge is 0.390 e. The van der Waals surface area contributed by atoms with Gasteiger partial charge in [0.15, 0.2) is 0 Å². The Labute approximate surface area is 133 Å². The first-order chi connectivity index (χ1) is 9.47. The predicted molar refractivity (Wildman–Crippen MR) is 80.3 cm³/mol. The number of benzene rings is 1. The molecule has 1 saturated heterocycles. The molecule has 1 aromatic carbocycles. The van der Waals surface area contributed by atoms with E-state index < -0.39 is 12.2 Å². The third-order valence-corrected chi connectivity index (χ3v) is 4.98. The number of amides is 1. The maximum Gasteiger partial charge on any atom is 0.255 e. The third-order valence-electron chi connectivity index (χ3n) is 3.37. The summed E-state index contributed by atoms with van der Waals surface area (Å²) < 4.78 is 6.14. The smallest absolute Gasteiger partial charge is 0.255 e. The van der Waals surface area contributed by atoms with Gasteiger partial charge in [-0.15, -0.1) is 0 Å². The molecule has 106 valence electrons. The van der Waals surface area contributed by atoms with Crippen LogP contribution in [0, 0.1) is 0 Å². The van der Waals surface area contributed by atoms with Gasteiger partial charge in [-0.05, 0) is 18.2 Å². The Hall–Kier alpha value is -0.590. The van der Waals surface area contributed by atoms with E-state index in [-0.39, 0.29) is 12.0 Å². The van der Waals surface area contributed by atoms with Crippen molar-refractivity contribution in [3.05, 3.63) is 38.3 Å². The molecule has 1 amide bonds. The zero-order chi connectivity index (χ0) is 14.4. The van der Waals surface area contributed by atoms with Gasteiger partial charge in [0, 0.05) is 16.6 Å². The molecule has 1 aromatic rings. The molecule has 3 atom stereocenters. The van der Waals surface area contributed by atoms with Crippen LogP contribution in [0.25, 0.3) is 0 Å². The summed E-state index contributed by atoms with van der Waals surface area (Å²) in [5.74, 6) is -0.269. The number of fused-ring (bicyclic) bond motifs is 2. The standard InChI is InChI=1S/C13H10BrCl2NO3/c14-11-10(9-4-8(18)12(11)20-9)13(19)17-5-1-2-6(15)7(16)3-5/h1-3,8-9,12,18H,4H2,(H,17,19)/t8-,9+,12-/m0/s1. The summed E-state index contributed by atoms with van der Waals surface area (Å²) in [4.78, 5) is 12.3. The van der Waals surface area contributed by atoms with Crippen LogP contribution in [0.2, 0.25) is 10.0 Å². The lowest BCUT2D eigenvalue weighted by atomic mass is 9.96.